The third-order valence-corrected chi connectivity index (χ3v) is 5.79. The number of hydrogen-bond acceptors (Lipinski definition) is 5. The number of aromatic nitrogens is 1. The van der Waals surface area contributed by atoms with E-state index in [9.17, 15) is 4.79 Å². The first kappa shape index (κ1) is 18.4. The fourth-order valence-corrected chi connectivity index (χ4v) is 4.26. The van der Waals surface area contributed by atoms with E-state index in [0.29, 0.717) is 17.2 Å². The van der Waals surface area contributed by atoms with E-state index in [-0.39, 0.29) is 11.4 Å². The van der Waals surface area contributed by atoms with Gasteiger partial charge in [0.2, 0.25) is 0 Å². The molecule has 1 unspecified atom stereocenters. The molecule has 3 rings (SSSR count). The first-order valence-electron chi connectivity index (χ1n) is 9.54. The van der Waals surface area contributed by atoms with Crippen molar-refractivity contribution >= 4 is 5.91 Å². The Balaban J connectivity index is 1.66. The van der Waals surface area contributed by atoms with Gasteiger partial charge in [-0.1, -0.05) is 12.1 Å². The summed E-state index contributed by atoms with van der Waals surface area (Å²) in [5.74, 6) is 1.41. The summed E-state index contributed by atoms with van der Waals surface area (Å²) in [7, 11) is 2.19. The second-order valence-corrected chi connectivity index (χ2v) is 7.64. The molecule has 1 aromatic rings. The number of ether oxygens (including phenoxy) is 1. The van der Waals surface area contributed by atoms with E-state index in [4.69, 9.17) is 9.26 Å². The Kier molecular flexibility index (Phi) is 5.49. The maximum atomic E-state index is 13.0. The number of piperidine rings is 1. The van der Waals surface area contributed by atoms with Gasteiger partial charge in [0.05, 0.1) is 11.2 Å². The van der Waals surface area contributed by atoms with Gasteiger partial charge in [-0.05, 0) is 52.6 Å². The van der Waals surface area contributed by atoms with Gasteiger partial charge in [-0.15, -0.1) is 0 Å². The molecule has 1 aromatic heterocycles. The molecule has 0 bridgehead atoms. The Hall–Kier alpha value is -1.40. The molecule has 25 heavy (non-hydrogen) atoms. The van der Waals surface area contributed by atoms with Crippen LogP contribution in [-0.2, 0) is 11.2 Å². The summed E-state index contributed by atoms with van der Waals surface area (Å²) in [5, 5.41) is 4.01. The number of rotatable bonds is 6. The van der Waals surface area contributed by atoms with Crippen molar-refractivity contribution in [3.05, 3.63) is 17.0 Å². The molecule has 0 N–H and O–H groups in total. The van der Waals surface area contributed by atoms with E-state index in [2.05, 4.69) is 24.0 Å². The topological polar surface area (TPSA) is 58.8 Å². The number of carbonyl (C=O) groups excluding carboxylic acids is 1. The lowest BCUT2D eigenvalue weighted by Gasteiger charge is -2.58. The second-order valence-electron chi connectivity index (χ2n) is 7.64. The van der Waals surface area contributed by atoms with Gasteiger partial charge in [0.1, 0.15) is 11.3 Å². The van der Waals surface area contributed by atoms with Crippen molar-refractivity contribution in [3.63, 3.8) is 0 Å². The Labute approximate surface area is 150 Å². The van der Waals surface area contributed by atoms with Crippen LogP contribution in [-0.4, -0.2) is 66.3 Å². The number of likely N-dealkylation sites (N-methyl/N-ethyl adjacent to an activating group) is 1. The molecule has 0 radical (unpaired) electrons. The Morgan fingerprint density at radius 2 is 2.16 bits per heavy atom. The highest BCUT2D eigenvalue weighted by molar-refractivity contribution is 5.97. The summed E-state index contributed by atoms with van der Waals surface area (Å²) in [5.41, 5.74) is 1.51. The molecule has 2 fully saturated rings. The zero-order valence-electron chi connectivity index (χ0n) is 16.0. The van der Waals surface area contributed by atoms with Crippen molar-refractivity contribution in [1.82, 2.24) is 15.0 Å². The van der Waals surface area contributed by atoms with E-state index in [1.807, 2.05) is 18.7 Å². The summed E-state index contributed by atoms with van der Waals surface area (Å²) >= 11 is 0. The van der Waals surface area contributed by atoms with Crippen LogP contribution in [0.1, 0.15) is 54.9 Å². The molecule has 2 saturated heterocycles. The lowest BCUT2D eigenvalue weighted by molar-refractivity contribution is -0.0752. The highest BCUT2D eigenvalue weighted by Gasteiger charge is 2.51. The molecule has 6 nitrogen and oxygen atoms in total. The zero-order chi connectivity index (χ0) is 18.0. The summed E-state index contributed by atoms with van der Waals surface area (Å²) in [4.78, 5) is 17.4. The van der Waals surface area contributed by atoms with Crippen molar-refractivity contribution < 1.29 is 14.1 Å². The van der Waals surface area contributed by atoms with Gasteiger partial charge in [0, 0.05) is 32.7 Å². The van der Waals surface area contributed by atoms with Gasteiger partial charge in [0.25, 0.3) is 5.91 Å². The van der Waals surface area contributed by atoms with Crippen molar-refractivity contribution in [2.24, 2.45) is 5.92 Å². The predicted octanol–water partition coefficient (Wildman–Crippen LogP) is 2.51. The van der Waals surface area contributed by atoms with E-state index in [1.54, 1.807) is 0 Å². The van der Waals surface area contributed by atoms with Gasteiger partial charge in [-0.25, -0.2) is 0 Å². The number of aryl methyl sites for hydroxylation is 2. The van der Waals surface area contributed by atoms with Gasteiger partial charge < -0.3 is 14.2 Å². The monoisotopic (exact) mass is 349 g/mol. The van der Waals surface area contributed by atoms with Crippen LogP contribution >= 0.6 is 0 Å². The predicted molar refractivity (Wildman–Crippen MR) is 95.7 cm³/mol. The first-order chi connectivity index (χ1) is 12.0. The smallest absolute Gasteiger partial charge is 0.259 e. The fourth-order valence-electron chi connectivity index (χ4n) is 4.26. The quantitative estimate of drug-likeness (QED) is 0.790. The number of nitrogens with zero attached hydrogens (tertiary/aromatic N) is 3. The molecule has 2 aliphatic heterocycles. The standard InChI is InChI=1S/C19H31N3O3/c1-5-7-16-17(14(3)20-25-16)18(23)22-12-19(13-22)10-15(11-24-6-2)8-9-21(19)4/h15H,5-13H2,1-4H3. The maximum Gasteiger partial charge on any atom is 0.259 e. The molecule has 0 aliphatic carbocycles. The van der Waals surface area contributed by atoms with Crippen molar-refractivity contribution in [2.45, 2.75) is 52.0 Å². The minimum Gasteiger partial charge on any atom is -0.381 e. The van der Waals surface area contributed by atoms with E-state index in [0.717, 1.165) is 57.9 Å². The normalized spacial score (nSPS) is 23.0. The fraction of sp³-hybridized carbons (Fsp3) is 0.789. The van der Waals surface area contributed by atoms with Gasteiger partial charge in [-0.2, -0.15) is 0 Å². The van der Waals surface area contributed by atoms with Crippen LogP contribution in [0.2, 0.25) is 0 Å². The molecule has 6 heteroatoms. The average molecular weight is 349 g/mol. The maximum absolute atomic E-state index is 13.0. The number of amides is 1. The first-order valence-corrected chi connectivity index (χ1v) is 9.54. The van der Waals surface area contributed by atoms with Crippen LogP contribution < -0.4 is 0 Å². The van der Waals surface area contributed by atoms with Gasteiger partial charge in [0.15, 0.2) is 0 Å². The van der Waals surface area contributed by atoms with E-state index >= 15 is 0 Å². The molecule has 1 amide bonds. The number of carbonyl (C=O) groups is 1. The van der Waals surface area contributed by atoms with E-state index < -0.39 is 0 Å². The van der Waals surface area contributed by atoms with Gasteiger partial charge in [-0.3, -0.25) is 9.69 Å². The third kappa shape index (κ3) is 3.47. The molecule has 0 saturated carbocycles. The van der Waals surface area contributed by atoms with Crippen molar-refractivity contribution in [3.8, 4) is 0 Å². The largest absolute Gasteiger partial charge is 0.381 e. The molecule has 1 spiro atoms. The number of hydrogen-bond donors (Lipinski definition) is 0. The van der Waals surface area contributed by atoms with Gasteiger partial charge >= 0.3 is 0 Å². The third-order valence-electron chi connectivity index (χ3n) is 5.79. The highest BCUT2D eigenvalue weighted by Crippen LogP contribution is 2.39. The minimum absolute atomic E-state index is 0.0770. The SMILES string of the molecule is CCCc1onc(C)c1C(=O)N1CC2(CC(COCC)CCN2C)C1. The van der Waals surface area contributed by atoms with E-state index in [1.165, 1.54) is 6.42 Å². The molecule has 1 atom stereocenters. The summed E-state index contributed by atoms with van der Waals surface area (Å²) in [6.45, 7) is 10.3. The Morgan fingerprint density at radius 1 is 1.40 bits per heavy atom. The zero-order valence-corrected chi connectivity index (χ0v) is 16.0. The average Bonchev–Trinajstić information content (AvgIpc) is 2.92. The molecule has 140 valence electrons. The Morgan fingerprint density at radius 3 is 2.84 bits per heavy atom. The molecule has 2 aliphatic rings. The number of likely N-dealkylation sites (tertiary alicyclic amines) is 2. The lowest BCUT2D eigenvalue weighted by atomic mass is 9.75. The summed E-state index contributed by atoms with van der Waals surface area (Å²) in [6, 6.07) is 0. The molecular formula is C19H31N3O3. The van der Waals surface area contributed by atoms with Crippen LogP contribution in [0.15, 0.2) is 4.52 Å². The summed E-state index contributed by atoms with van der Waals surface area (Å²) in [6.07, 6.45) is 3.99. The van der Waals surface area contributed by atoms with Crippen LogP contribution in [0.5, 0.6) is 0 Å². The van der Waals surface area contributed by atoms with Crippen molar-refractivity contribution in [1.29, 1.82) is 0 Å². The lowest BCUT2D eigenvalue weighted by Crippen LogP contribution is -2.72. The Bertz CT molecular complexity index is 605. The van der Waals surface area contributed by atoms with Crippen molar-refractivity contribution in [2.75, 3.05) is 39.9 Å². The van der Waals surface area contributed by atoms with Crippen LogP contribution in [0, 0.1) is 12.8 Å². The van der Waals surface area contributed by atoms with Crippen LogP contribution in [0.4, 0.5) is 0 Å². The highest BCUT2D eigenvalue weighted by atomic mass is 16.5. The van der Waals surface area contributed by atoms with Crippen LogP contribution in [0.25, 0.3) is 0 Å². The molecule has 0 aromatic carbocycles. The van der Waals surface area contributed by atoms with Crippen LogP contribution in [0.3, 0.4) is 0 Å². The molecule has 3 heterocycles. The second kappa shape index (κ2) is 7.46. The molecular weight excluding hydrogens is 318 g/mol. The minimum atomic E-state index is 0.0770. The summed E-state index contributed by atoms with van der Waals surface area (Å²) < 4.78 is 11.0.